The minimum atomic E-state index is -0.0387. The van der Waals surface area contributed by atoms with E-state index in [1.54, 1.807) is 13.3 Å². The van der Waals surface area contributed by atoms with Gasteiger partial charge in [0.25, 0.3) is 0 Å². The quantitative estimate of drug-likeness (QED) is 0.847. The Morgan fingerprint density at radius 2 is 2.12 bits per heavy atom. The fraction of sp³-hybridized carbons (Fsp3) is 0.429. The number of hydrogen-bond acceptors (Lipinski definition) is 5. The smallest absolute Gasteiger partial charge is 0.167 e. The minimum absolute atomic E-state index is 0.0387. The van der Waals surface area contributed by atoms with Crippen LogP contribution in [0.15, 0.2) is 30.5 Å². The summed E-state index contributed by atoms with van der Waals surface area (Å²) in [5.41, 5.74) is 5.15. The Bertz CT molecular complexity index is 828. The number of Topliss-reactive ketones (excluding diaryl/α,β-unsaturated/α-hetero) is 1. The van der Waals surface area contributed by atoms with E-state index in [0.29, 0.717) is 6.42 Å². The number of pyridine rings is 1. The Balaban J connectivity index is 1.62. The summed E-state index contributed by atoms with van der Waals surface area (Å²) in [6, 6.07) is 8.05. The van der Waals surface area contributed by atoms with E-state index < -0.39 is 0 Å². The molecule has 1 aromatic carbocycles. The molecule has 0 spiro atoms. The van der Waals surface area contributed by atoms with Crippen molar-refractivity contribution >= 4 is 11.5 Å². The fourth-order valence-corrected chi connectivity index (χ4v) is 3.93. The van der Waals surface area contributed by atoms with Crippen molar-refractivity contribution in [1.82, 2.24) is 4.98 Å². The summed E-state index contributed by atoms with van der Waals surface area (Å²) < 4.78 is 11.1. The van der Waals surface area contributed by atoms with Gasteiger partial charge in [-0.25, -0.2) is 0 Å². The van der Waals surface area contributed by atoms with Gasteiger partial charge in [0.15, 0.2) is 5.78 Å². The van der Waals surface area contributed by atoms with E-state index in [4.69, 9.17) is 9.47 Å². The molecule has 4 rings (SSSR count). The summed E-state index contributed by atoms with van der Waals surface area (Å²) in [7, 11) is 1.67. The molecule has 1 aliphatic carbocycles. The van der Waals surface area contributed by atoms with Gasteiger partial charge in [-0.1, -0.05) is 6.07 Å². The molecular formula is C21H24N2O3. The molecule has 0 bridgehead atoms. The largest absolute Gasteiger partial charge is 0.495 e. The SMILES string of the molecule is COc1cc2c(cc1N1CCOCC1)CC(Cc1ncccc1C)C2=O. The zero-order chi connectivity index (χ0) is 18.1. The van der Waals surface area contributed by atoms with Crippen molar-refractivity contribution in [3.05, 3.63) is 52.8 Å². The lowest BCUT2D eigenvalue weighted by molar-refractivity contribution is 0.0935. The first-order valence-electron chi connectivity index (χ1n) is 9.15. The maximum absolute atomic E-state index is 13.0. The molecule has 1 saturated heterocycles. The van der Waals surface area contributed by atoms with Crippen LogP contribution < -0.4 is 9.64 Å². The second-order valence-corrected chi connectivity index (χ2v) is 7.02. The Morgan fingerprint density at radius 3 is 2.85 bits per heavy atom. The van der Waals surface area contributed by atoms with Crippen LogP contribution in [0.4, 0.5) is 5.69 Å². The Labute approximate surface area is 153 Å². The van der Waals surface area contributed by atoms with Crippen LogP contribution >= 0.6 is 0 Å². The van der Waals surface area contributed by atoms with E-state index in [-0.39, 0.29) is 11.7 Å². The summed E-state index contributed by atoms with van der Waals surface area (Å²) in [4.78, 5) is 19.7. The molecule has 136 valence electrons. The number of morpholine rings is 1. The van der Waals surface area contributed by atoms with Gasteiger partial charge in [0.1, 0.15) is 5.75 Å². The highest BCUT2D eigenvalue weighted by atomic mass is 16.5. The Kier molecular flexibility index (Phi) is 4.64. The van der Waals surface area contributed by atoms with Crippen molar-refractivity contribution in [2.24, 2.45) is 5.92 Å². The topological polar surface area (TPSA) is 51.7 Å². The number of carbonyl (C=O) groups excluding carboxylic acids is 1. The molecule has 2 heterocycles. The molecule has 1 fully saturated rings. The highest BCUT2D eigenvalue weighted by molar-refractivity contribution is 6.03. The molecule has 2 aromatic rings. The normalized spacial score (nSPS) is 19.5. The third kappa shape index (κ3) is 3.07. The number of aromatic nitrogens is 1. The number of fused-ring (bicyclic) bond motifs is 1. The zero-order valence-electron chi connectivity index (χ0n) is 15.3. The molecule has 0 radical (unpaired) electrons. The molecule has 0 N–H and O–H groups in total. The number of aryl methyl sites for hydroxylation is 1. The lowest BCUT2D eigenvalue weighted by Crippen LogP contribution is -2.36. The number of nitrogens with zero attached hydrogens (tertiary/aromatic N) is 2. The third-order valence-electron chi connectivity index (χ3n) is 5.42. The average Bonchev–Trinajstić information content (AvgIpc) is 2.98. The van der Waals surface area contributed by atoms with Crippen molar-refractivity contribution in [1.29, 1.82) is 0 Å². The van der Waals surface area contributed by atoms with Crippen LogP contribution in [0.25, 0.3) is 0 Å². The van der Waals surface area contributed by atoms with Crippen molar-refractivity contribution < 1.29 is 14.3 Å². The van der Waals surface area contributed by atoms with Crippen LogP contribution in [0, 0.1) is 12.8 Å². The monoisotopic (exact) mass is 352 g/mol. The van der Waals surface area contributed by atoms with E-state index in [0.717, 1.165) is 66.5 Å². The molecule has 1 atom stereocenters. The molecule has 26 heavy (non-hydrogen) atoms. The second-order valence-electron chi connectivity index (χ2n) is 7.02. The van der Waals surface area contributed by atoms with Crippen molar-refractivity contribution in [3.8, 4) is 5.75 Å². The number of ether oxygens (including phenoxy) is 2. The molecular weight excluding hydrogens is 328 g/mol. The molecule has 5 nitrogen and oxygen atoms in total. The number of rotatable bonds is 4. The van der Waals surface area contributed by atoms with Gasteiger partial charge < -0.3 is 14.4 Å². The Morgan fingerprint density at radius 1 is 1.31 bits per heavy atom. The fourth-order valence-electron chi connectivity index (χ4n) is 3.93. The second kappa shape index (κ2) is 7.08. The van der Waals surface area contributed by atoms with Crippen LogP contribution in [0.2, 0.25) is 0 Å². The van der Waals surface area contributed by atoms with Crippen LogP contribution in [-0.2, 0) is 17.6 Å². The molecule has 2 aliphatic rings. The maximum Gasteiger partial charge on any atom is 0.167 e. The number of hydrogen-bond donors (Lipinski definition) is 0. The van der Waals surface area contributed by atoms with Gasteiger partial charge in [-0.15, -0.1) is 0 Å². The molecule has 1 aromatic heterocycles. The number of benzene rings is 1. The van der Waals surface area contributed by atoms with Crippen LogP contribution in [0.5, 0.6) is 5.75 Å². The summed E-state index contributed by atoms with van der Waals surface area (Å²) in [5.74, 6) is 0.939. The summed E-state index contributed by atoms with van der Waals surface area (Å²) in [6.07, 6.45) is 3.26. The van der Waals surface area contributed by atoms with Crippen LogP contribution in [0.1, 0.15) is 27.2 Å². The first kappa shape index (κ1) is 17.0. The van der Waals surface area contributed by atoms with Gasteiger partial charge in [-0.2, -0.15) is 0 Å². The standard InChI is InChI=1S/C21H24N2O3/c1-14-4-3-5-22-18(14)11-16-10-15-12-19(23-6-8-26-9-7-23)20(25-2)13-17(15)21(16)24/h3-5,12-13,16H,6-11H2,1-2H3. The number of methoxy groups -OCH3 is 1. The van der Waals surface area contributed by atoms with Gasteiger partial charge in [0, 0.05) is 42.9 Å². The van der Waals surface area contributed by atoms with Crippen molar-refractivity contribution in [2.75, 3.05) is 38.3 Å². The number of anilines is 1. The summed E-state index contributed by atoms with van der Waals surface area (Å²) >= 11 is 0. The highest BCUT2D eigenvalue weighted by Crippen LogP contribution is 2.38. The first-order chi connectivity index (χ1) is 12.7. The van der Waals surface area contributed by atoms with Gasteiger partial charge >= 0.3 is 0 Å². The first-order valence-corrected chi connectivity index (χ1v) is 9.15. The van der Waals surface area contributed by atoms with Crippen LogP contribution in [0.3, 0.4) is 0 Å². The number of carbonyl (C=O) groups is 1. The lowest BCUT2D eigenvalue weighted by atomic mass is 9.97. The van der Waals surface area contributed by atoms with Crippen molar-refractivity contribution in [3.63, 3.8) is 0 Å². The summed E-state index contributed by atoms with van der Waals surface area (Å²) in [6.45, 7) is 5.19. The predicted molar refractivity (Wildman–Crippen MR) is 100 cm³/mol. The molecule has 1 unspecified atom stereocenters. The van der Waals surface area contributed by atoms with E-state index in [2.05, 4.69) is 28.9 Å². The minimum Gasteiger partial charge on any atom is -0.495 e. The Hall–Kier alpha value is -2.40. The molecule has 1 aliphatic heterocycles. The molecule has 0 saturated carbocycles. The van der Waals surface area contributed by atoms with Gasteiger partial charge in [0.2, 0.25) is 0 Å². The van der Waals surface area contributed by atoms with Gasteiger partial charge in [-0.05, 0) is 42.7 Å². The molecule has 5 heteroatoms. The van der Waals surface area contributed by atoms with E-state index in [1.807, 2.05) is 12.1 Å². The van der Waals surface area contributed by atoms with Gasteiger partial charge in [0.05, 0.1) is 26.0 Å². The van der Waals surface area contributed by atoms with E-state index >= 15 is 0 Å². The highest BCUT2D eigenvalue weighted by Gasteiger charge is 2.33. The van der Waals surface area contributed by atoms with Crippen molar-refractivity contribution in [2.45, 2.75) is 19.8 Å². The van der Waals surface area contributed by atoms with Gasteiger partial charge in [-0.3, -0.25) is 9.78 Å². The lowest BCUT2D eigenvalue weighted by Gasteiger charge is -2.30. The average molecular weight is 352 g/mol. The van der Waals surface area contributed by atoms with Crippen LogP contribution in [-0.4, -0.2) is 44.2 Å². The predicted octanol–water partition coefficient (Wildman–Crippen LogP) is 2.83. The summed E-state index contributed by atoms with van der Waals surface area (Å²) in [5, 5.41) is 0. The number of ketones is 1. The van der Waals surface area contributed by atoms with E-state index in [1.165, 1.54) is 0 Å². The maximum atomic E-state index is 13.0. The third-order valence-corrected chi connectivity index (χ3v) is 5.42. The molecule has 0 amide bonds. The van der Waals surface area contributed by atoms with E-state index in [9.17, 15) is 4.79 Å². The zero-order valence-corrected chi connectivity index (χ0v) is 15.3.